The minimum absolute atomic E-state index is 0.306. The molecule has 0 aliphatic rings. The van der Waals surface area contributed by atoms with Crippen LogP contribution >= 0.6 is 0 Å². The zero-order valence-corrected chi connectivity index (χ0v) is 8.68. The highest BCUT2D eigenvalue weighted by Crippen LogP contribution is 2.17. The van der Waals surface area contributed by atoms with Crippen molar-refractivity contribution in [3.8, 4) is 6.07 Å². The van der Waals surface area contributed by atoms with E-state index in [2.05, 4.69) is 6.07 Å². The van der Waals surface area contributed by atoms with E-state index >= 15 is 0 Å². The summed E-state index contributed by atoms with van der Waals surface area (Å²) in [5.41, 5.74) is 6.68. The Hall–Kier alpha value is -2.28. The Morgan fingerprint density at radius 2 is 2.25 bits per heavy atom. The van der Waals surface area contributed by atoms with Gasteiger partial charge in [-0.3, -0.25) is 4.79 Å². The molecule has 0 aliphatic carbocycles. The number of aromatic nitrogens is 1. The van der Waals surface area contributed by atoms with Crippen molar-refractivity contribution in [3.63, 3.8) is 0 Å². The third-order valence-electron chi connectivity index (χ3n) is 2.50. The molecule has 0 spiro atoms. The Labute approximate surface area is 92.9 Å². The van der Waals surface area contributed by atoms with Gasteiger partial charge in [0.25, 0.3) is 0 Å². The topological polar surface area (TPSA) is 71.8 Å². The first-order chi connectivity index (χ1) is 7.70. The highest BCUT2D eigenvalue weighted by atomic mass is 16.1. The Morgan fingerprint density at radius 3 is 2.94 bits per heavy atom. The van der Waals surface area contributed by atoms with Gasteiger partial charge in [0.05, 0.1) is 11.6 Å². The molecule has 0 bridgehead atoms. The quantitative estimate of drug-likeness (QED) is 0.836. The normalized spacial score (nSPS) is 10.2. The molecule has 4 nitrogen and oxygen atoms in total. The predicted octanol–water partition coefficient (Wildman–Crippen LogP) is 1.39. The summed E-state index contributed by atoms with van der Waals surface area (Å²) in [6.07, 6.45) is 2.20. The van der Waals surface area contributed by atoms with Gasteiger partial charge in [-0.15, -0.1) is 0 Å². The number of hydrogen-bond donors (Lipinski definition) is 1. The molecular weight excluding hydrogens is 202 g/mol. The van der Waals surface area contributed by atoms with Gasteiger partial charge in [0.1, 0.15) is 0 Å². The highest BCUT2D eigenvalue weighted by Gasteiger charge is 2.03. The maximum absolute atomic E-state index is 10.7. The lowest BCUT2D eigenvalue weighted by atomic mass is 10.2. The van der Waals surface area contributed by atoms with E-state index in [1.807, 2.05) is 29.0 Å². The van der Waals surface area contributed by atoms with Gasteiger partial charge >= 0.3 is 0 Å². The monoisotopic (exact) mass is 213 g/mol. The molecule has 2 aromatic rings. The first kappa shape index (κ1) is 10.2. The second kappa shape index (κ2) is 4.07. The fourth-order valence-corrected chi connectivity index (χ4v) is 1.68. The third kappa shape index (κ3) is 1.89. The largest absolute Gasteiger partial charge is 0.370 e. The van der Waals surface area contributed by atoms with Crippen molar-refractivity contribution in [2.45, 2.75) is 13.0 Å². The lowest BCUT2D eigenvalue weighted by molar-refractivity contribution is -0.118. The highest BCUT2D eigenvalue weighted by molar-refractivity contribution is 5.81. The summed E-state index contributed by atoms with van der Waals surface area (Å²) in [6, 6.07) is 9.54. The molecular formula is C12H11N3O. The van der Waals surface area contributed by atoms with Gasteiger partial charge in [-0.2, -0.15) is 5.26 Å². The summed E-state index contributed by atoms with van der Waals surface area (Å²) in [4.78, 5) is 10.7. The van der Waals surface area contributed by atoms with Crippen LogP contribution in [0.5, 0.6) is 0 Å². The van der Waals surface area contributed by atoms with Crippen molar-refractivity contribution in [1.82, 2.24) is 4.57 Å². The molecule has 0 fully saturated rings. The smallest absolute Gasteiger partial charge is 0.219 e. The third-order valence-corrected chi connectivity index (χ3v) is 2.50. The van der Waals surface area contributed by atoms with E-state index in [9.17, 15) is 4.79 Å². The number of aryl methyl sites for hydroxylation is 1. The number of rotatable bonds is 3. The Balaban J connectivity index is 2.39. The van der Waals surface area contributed by atoms with Crippen molar-refractivity contribution >= 4 is 16.8 Å². The first-order valence-corrected chi connectivity index (χ1v) is 4.98. The van der Waals surface area contributed by atoms with E-state index in [4.69, 9.17) is 11.0 Å². The second-order valence-corrected chi connectivity index (χ2v) is 3.61. The predicted molar refractivity (Wildman–Crippen MR) is 60.5 cm³/mol. The number of nitriles is 1. The van der Waals surface area contributed by atoms with Gasteiger partial charge < -0.3 is 10.3 Å². The van der Waals surface area contributed by atoms with Gasteiger partial charge in [-0.25, -0.2) is 0 Å². The van der Waals surface area contributed by atoms with E-state index in [-0.39, 0.29) is 5.91 Å². The Bertz CT molecular complexity index is 577. The Morgan fingerprint density at radius 1 is 1.44 bits per heavy atom. The van der Waals surface area contributed by atoms with E-state index < -0.39 is 0 Å². The molecule has 0 saturated heterocycles. The van der Waals surface area contributed by atoms with Crippen molar-refractivity contribution < 1.29 is 4.79 Å². The summed E-state index contributed by atoms with van der Waals surface area (Å²) >= 11 is 0. The number of nitrogens with two attached hydrogens (primary N) is 1. The lowest BCUT2D eigenvalue weighted by Crippen LogP contribution is -2.13. The number of carbonyl (C=O) groups excluding carboxylic acids is 1. The minimum Gasteiger partial charge on any atom is -0.370 e. The molecule has 0 atom stereocenters. The van der Waals surface area contributed by atoms with Crippen LogP contribution in [0.1, 0.15) is 12.0 Å². The molecule has 1 amide bonds. The average Bonchev–Trinajstić information content (AvgIpc) is 2.68. The Kier molecular flexibility index (Phi) is 2.61. The number of hydrogen-bond acceptors (Lipinski definition) is 2. The van der Waals surface area contributed by atoms with Crippen LogP contribution in [-0.4, -0.2) is 10.5 Å². The number of benzene rings is 1. The van der Waals surface area contributed by atoms with Crippen LogP contribution in [0.2, 0.25) is 0 Å². The molecule has 16 heavy (non-hydrogen) atoms. The molecule has 1 aromatic carbocycles. The minimum atomic E-state index is -0.321. The van der Waals surface area contributed by atoms with Gasteiger partial charge in [-0.1, -0.05) is 6.07 Å². The van der Waals surface area contributed by atoms with Crippen LogP contribution in [0.15, 0.2) is 30.5 Å². The zero-order valence-electron chi connectivity index (χ0n) is 8.68. The number of primary amides is 1. The van der Waals surface area contributed by atoms with Crippen LogP contribution in [0.3, 0.4) is 0 Å². The first-order valence-electron chi connectivity index (χ1n) is 4.98. The summed E-state index contributed by atoms with van der Waals surface area (Å²) in [6.45, 7) is 0.549. The lowest BCUT2D eigenvalue weighted by Gasteiger charge is -2.03. The van der Waals surface area contributed by atoms with Crippen LogP contribution in [-0.2, 0) is 11.3 Å². The van der Waals surface area contributed by atoms with Crippen molar-refractivity contribution in [2.75, 3.05) is 0 Å². The maximum atomic E-state index is 10.7. The molecule has 80 valence electrons. The van der Waals surface area contributed by atoms with Crippen LogP contribution < -0.4 is 5.73 Å². The SMILES string of the molecule is N#Cc1ccc2ccn(CCC(N)=O)c2c1. The molecule has 0 aliphatic heterocycles. The number of carbonyl (C=O) groups is 1. The number of fused-ring (bicyclic) bond motifs is 1. The average molecular weight is 213 g/mol. The molecule has 2 N–H and O–H groups in total. The summed E-state index contributed by atoms with van der Waals surface area (Å²) in [5.74, 6) is -0.321. The van der Waals surface area contributed by atoms with Gasteiger partial charge in [0, 0.05) is 24.7 Å². The fraction of sp³-hybridized carbons (Fsp3) is 0.167. The molecule has 1 aromatic heterocycles. The molecule has 1 heterocycles. The molecule has 0 radical (unpaired) electrons. The van der Waals surface area contributed by atoms with Crippen LogP contribution in [0, 0.1) is 11.3 Å². The fourth-order valence-electron chi connectivity index (χ4n) is 1.68. The summed E-state index contributed by atoms with van der Waals surface area (Å²) in [5, 5.41) is 9.87. The molecule has 4 heteroatoms. The molecule has 2 rings (SSSR count). The zero-order chi connectivity index (χ0) is 11.5. The van der Waals surface area contributed by atoms with E-state index in [1.165, 1.54) is 0 Å². The van der Waals surface area contributed by atoms with Crippen molar-refractivity contribution in [1.29, 1.82) is 5.26 Å². The number of amides is 1. The van der Waals surface area contributed by atoms with Crippen molar-refractivity contribution in [2.24, 2.45) is 5.73 Å². The van der Waals surface area contributed by atoms with E-state index in [1.54, 1.807) is 6.07 Å². The van der Waals surface area contributed by atoms with E-state index in [0.717, 1.165) is 10.9 Å². The molecule has 0 unspecified atom stereocenters. The van der Waals surface area contributed by atoms with Crippen LogP contribution in [0.25, 0.3) is 10.9 Å². The van der Waals surface area contributed by atoms with Gasteiger partial charge in [-0.05, 0) is 23.6 Å². The summed E-state index contributed by atoms with van der Waals surface area (Å²) in [7, 11) is 0. The standard InChI is InChI=1S/C12H11N3O/c13-8-9-1-2-10-3-5-15(11(10)7-9)6-4-12(14)16/h1-3,5,7H,4,6H2,(H2,14,16). The number of nitrogens with zero attached hydrogens (tertiary/aromatic N) is 2. The summed E-state index contributed by atoms with van der Waals surface area (Å²) < 4.78 is 1.93. The van der Waals surface area contributed by atoms with Crippen LogP contribution in [0.4, 0.5) is 0 Å². The van der Waals surface area contributed by atoms with E-state index in [0.29, 0.717) is 18.5 Å². The van der Waals surface area contributed by atoms with Crippen molar-refractivity contribution in [3.05, 3.63) is 36.0 Å². The second-order valence-electron chi connectivity index (χ2n) is 3.61. The molecule has 0 saturated carbocycles. The van der Waals surface area contributed by atoms with Gasteiger partial charge in [0.15, 0.2) is 0 Å². The maximum Gasteiger partial charge on any atom is 0.219 e. The van der Waals surface area contributed by atoms with Gasteiger partial charge in [0.2, 0.25) is 5.91 Å².